The molecule has 0 bridgehead atoms. The number of unbranched alkanes of at least 4 members (excludes halogenated alkanes) is 3. The molecule has 5 aromatic rings. The Morgan fingerprint density at radius 2 is 1.23 bits per heavy atom. The lowest BCUT2D eigenvalue weighted by Gasteiger charge is -2.13. The molecule has 156 valence electrons. The van der Waals surface area contributed by atoms with Gasteiger partial charge in [-0.3, -0.25) is 0 Å². The number of hydrogen-bond acceptors (Lipinski definition) is 2. The van der Waals surface area contributed by atoms with Crippen LogP contribution in [0.4, 0.5) is 0 Å². The van der Waals surface area contributed by atoms with Crippen LogP contribution in [0.15, 0.2) is 60.7 Å². The SMILES string of the molecule is CCCCCCc1cc2cc3cc4c(O)c5ccccc5cc4cc3c(O)c2cc1C. The van der Waals surface area contributed by atoms with Crippen LogP contribution in [-0.4, -0.2) is 10.2 Å². The van der Waals surface area contributed by atoms with E-state index in [0.29, 0.717) is 11.5 Å². The Bertz CT molecular complexity index is 1450. The van der Waals surface area contributed by atoms with Crippen LogP contribution >= 0.6 is 0 Å². The normalized spacial score (nSPS) is 11.8. The third-order valence-electron chi connectivity index (χ3n) is 6.63. The quantitative estimate of drug-likeness (QED) is 0.227. The largest absolute Gasteiger partial charge is 0.507 e. The molecule has 0 aromatic heterocycles. The van der Waals surface area contributed by atoms with Gasteiger partial charge in [-0.2, -0.15) is 0 Å². The van der Waals surface area contributed by atoms with Crippen molar-refractivity contribution < 1.29 is 10.2 Å². The predicted octanol–water partition coefficient (Wildman–Crippen LogP) is 8.14. The lowest BCUT2D eigenvalue weighted by Crippen LogP contribution is -1.92. The van der Waals surface area contributed by atoms with E-state index < -0.39 is 0 Å². The monoisotopic (exact) mass is 408 g/mol. The Balaban J connectivity index is 1.70. The number of fused-ring (bicyclic) bond motifs is 4. The molecular formula is C29H28O2. The van der Waals surface area contributed by atoms with Crippen molar-refractivity contribution in [3.8, 4) is 11.5 Å². The fraction of sp³-hybridized carbons (Fsp3) is 0.241. The number of aromatic hydroxyl groups is 2. The van der Waals surface area contributed by atoms with E-state index in [1.54, 1.807) is 0 Å². The van der Waals surface area contributed by atoms with Crippen molar-refractivity contribution in [3.05, 3.63) is 71.8 Å². The Labute approximate surface area is 182 Å². The van der Waals surface area contributed by atoms with Crippen molar-refractivity contribution in [3.63, 3.8) is 0 Å². The smallest absolute Gasteiger partial charge is 0.131 e. The van der Waals surface area contributed by atoms with Gasteiger partial charge in [0.25, 0.3) is 0 Å². The highest BCUT2D eigenvalue weighted by Crippen LogP contribution is 2.41. The molecule has 0 atom stereocenters. The number of phenolic OH excluding ortho intramolecular Hbond substituents is 2. The van der Waals surface area contributed by atoms with E-state index in [-0.39, 0.29) is 0 Å². The summed E-state index contributed by atoms with van der Waals surface area (Å²) in [5.74, 6) is 0.623. The van der Waals surface area contributed by atoms with Gasteiger partial charge in [-0.15, -0.1) is 0 Å². The fourth-order valence-corrected chi connectivity index (χ4v) is 4.85. The minimum atomic E-state index is 0.301. The highest BCUT2D eigenvalue weighted by molar-refractivity contribution is 6.14. The Hall–Kier alpha value is -3.26. The lowest BCUT2D eigenvalue weighted by molar-refractivity contribution is 0.486. The zero-order valence-electron chi connectivity index (χ0n) is 18.2. The number of benzene rings is 5. The molecule has 0 fully saturated rings. The van der Waals surface area contributed by atoms with Gasteiger partial charge in [0.1, 0.15) is 11.5 Å². The first-order valence-electron chi connectivity index (χ1n) is 11.3. The maximum Gasteiger partial charge on any atom is 0.131 e. The fourth-order valence-electron chi connectivity index (χ4n) is 4.85. The zero-order chi connectivity index (χ0) is 21.5. The van der Waals surface area contributed by atoms with Gasteiger partial charge in [0, 0.05) is 21.5 Å². The lowest BCUT2D eigenvalue weighted by atomic mass is 9.93. The van der Waals surface area contributed by atoms with Crippen molar-refractivity contribution >= 4 is 43.1 Å². The molecule has 5 aromatic carbocycles. The minimum absolute atomic E-state index is 0.301. The predicted molar refractivity (Wildman–Crippen MR) is 132 cm³/mol. The maximum atomic E-state index is 11.2. The minimum Gasteiger partial charge on any atom is -0.507 e. The highest BCUT2D eigenvalue weighted by atomic mass is 16.3. The van der Waals surface area contributed by atoms with E-state index in [4.69, 9.17) is 0 Å². The summed E-state index contributed by atoms with van der Waals surface area (Å²) in [6.07, 6.45) is 6.06. The van der Waals surface area contributed by atoms with Crippen molar-refractivity contribution in [1.82, 2.24) is 0 Å². The number of rotatable bonds is 5. The van der Waals surface area contributed by atoms with Crippen LogP contribution in [0.3, 0.4) is 0 Å². The first-order chi connectivity index (χ1) is 15.1. The second-order valence-corrected chi connectivity index (χ2v) is 8.78. The molecule has 0 aliphatic rings. The Morgan fingerprint density at radius 3 is 1.97 bits per heavy atom. The molecule has 0 aliphatic carbocycles. The first kappa shape index (κ1) is 19.7. The summed E-state index contributed by atoms with van der Waals surface area (Å²) in [7, 11) is 0. The molecule has 0 saturated carbocycles. The van der Waals surface area contributed by atoms with Gasteiger partial charge in [-0.1, -0.05) is 56.5 Å². The van der Waals surface area contributed by atoms with E-state index >= 15 is 0 Å². The van der Waals surface area contributed by atoms with E-state index in [1.165, 1.54) is 36.8 Å². The Morgan fingerprint density at radius 1 is 0.613 bits per heavy atom. The van der Waals surface area contributed by atoms with Crippen molar-refractivity contribution in [2.45, 2.75) is 46.0 Å². The second-order valence-electron chi connectivity index (χ2n) is 8.78. The van der Waals surface area contributed by atoms with Crippen LogP contribution in [0.2, 0.25) is 0 Å². The molecule has 0 spiro atoms. The number of hydrogen-bond donors (Lipinski definition) is 2. The van der Waals surface area contributed by atoms with Crippen molar-refractivity contribution in [2.24, 2.45) is 0 Å². The first-order valence-corrected chi connectivity index (χ1v) is 11.3. The molecule has 0 unspecified atom stereocenters. The summed E-state index contributed by atoms with van der Waals surface area (Å²) >= 11 is 0. The van der Waals surface area contributed by atoms with Crippen molar-refractivity contribution in [2.75, 3.05) is 0 Å². The van der Waals surface area contributed by atoms with Gasteiger partial charge in [-0.25, -0.2) is 0 Å². The Kier molecular flexibility index (Phi) is 4.94. The summed E-state index contributed by atoms with van der Waals surface area (Å²) in [4.78, 5) is 0. The molecule has 2 N–H and O–H groups in total. The summed E-state index contributed by atoms with van der Waals surface area (Å²) in [6, 6.07) is 20.5. The van der Waals surface area contributed by atoms with Gasteiger partial charge in [0.2, 0.25) is 0 Å². The molecule has 0 heterocycles. The molecule has 31 heavy (non-hydrogen) atoms. The van der Waals surface area contributed by atoms with Gasteiger partial charge in [-0.05, 0) is 82.8 Å². The van der Waals surface area contributed by atoms with Gasteiger partial charge in [0.15, 0.2) is 0 Å². The van der Waals surface area contributed by atoms with Crippen molar-refractivity contribution in [1.29, 1.82) is 0 Å². The summed E-state index contributed by atoms with van der Waals surface area (Å²) in [5, 5.41) is 29.4. The third kappa shape index (κ3) is 3.37. The second kappa shape index (κ2) is 7.77. The van der Waals surface area contributed by atoms with Crippen LogP contribution in [-0.2, 0) is 6.42 Å². The van der Waals surface area contributed by atoms with E-state index in [0.717, 1.165) is 49.5 Å². The van der Waals surface area contributed by atoms with Gasteiger partial charge >= 0.3 is 0 Å². The molecule has 2 nitrogen and oxygen atoms in total. The average Bonchev–Trinajstić information content (AvgIpc) is 2.77. The van der Waals surface area contributed by atoms with Crippen LogP contribution in [0.5, 0.6) is 11.5 Å². The molecule has 2 heteroatoms. The summed E-state index contributed by atoms with van der Waals surface area (Å²) < 4.78 is 0. The standard InChI is InChI=1S/C29H28O2/c1-3-4-5-6-9-19-13-21-15-23-17-26-22(14-20-10-7-8-11-24(20)28(26)30)16-27(23)29(31)25(21)12-18(19)2/h7-8,10-17,30-31H,3-6,9H2,1-2H3. The summed E-state index contributed by atoms with van der Waals surface area (Å²) in [5.41, 5.74) is 2.60. The average molecular weight is 409 g/mol. The molecule has 0 amide bonds. The topological polar surface area (TPSA) is 40.5 Å². The molecule has 5 rings (SSSR count). The molecular weight excluding hydrogens is 380 g/mol. The van der Waals surface area contributed by atoms with E-state index in [1.807, 2.05) is 36.4 Å². The van der Waals surface area contributed by atoms with E-state index in [2.05, 4.69) is 38.1 Å². The molecule has 0 radical (unpaired) electrons. The van der Waals surface area contributed by atoms with Crippen LogP contribution in [0, 0.1) is 6.92 Å². The molecule has 0 aliphatic heterocycles. The third-order valence-corrected chi connectivity index (χ3v) is 6.63. The maximum absolute atomic E-state index is 11.2. The summed E-state index contributed by atoms with van der Waals surface area (Å²) in [6.45, 7) is 4.38. The number of aryl methyl sites for hydroxylation is 2. The van der Waals surface area contributed by atoms with Gasteiger partial charge < -0.3 is 10.2 Å². The van der Waals surface area contributed by atoms with Gasteiger partial charge in [0.05, 0.1) is 0 Å². The zero-order valence-corrected chi connectivity index (χ0v) is 18.2. The highest BCUT2D eigenvalue weighted by Gasteiger charge is 2.13. The number of phenols is 2. The van der Waals surface area contributed by atoms with Crippen LogP contribution < -0.4 is 0 Å². The van der Waals surface area contributed by atoms with Crippen LogP contribution in [0.1, 0.15) is 43.7 Å². The van der Waals surface area contributed by atoms with E-state index in [9.17, 15) is 10.2 Å². The van der Waals surface area contributed by atoms with Crippen LogP contribution in [0.25, 0.3) is 43.1 Å². The molecule has 0 saturated heterocycles.